The first kappa shape index (κ1) is 31.3. The Bertz CT molecular complexity index is 2190. The number of carbonyl (C=O) groups is 2. The molecule has 1 unspecified atom stereocenters. The molecule has 48 heavy (non-hydrogen) atoms. The number of aryl methyl sites for hydroxylation is 1. The predicted octanol–water partition coefficient (Wildman–Crippen LogP) is 8.64. The van der Waals surface area contributed by atoms with E-state index in [0.29, 0.717) is 22.4 Å². The van der Waals surface area contributed by atoms with Gasteiger partial charge < -0.3 is 9.84 Å². The Balaban J connectivity index is 1.18. The zero-order valence-corrected chi connectivity index (χ0v) is 27.3. The second-order valence-corrected chi connectivity index (χ2v) is 13.4. The van der Waals surface area contributed by atoms with Gasteiger partial charge in [0.1, 0.15) is 30.0 Å². The summed E-state index contributed by atoms with van der Waals surface area (Å²) in [5.41, 5.74) is 3.36. The van der Waals surface area contributed by atoms with E-state index in [9.17, 15) is 14.7 Å². The van der Waals surface area contributed by atoms with E-state index in [-0.39, 0.29) is 21.8 Å². The van der Waals surface area contributed by atoms with Crippen LogP contribution in [0.5, 0.6) is 5.75 Å². The quantitative estimate of drug-likeness (QED) is 0.0540. The Morgan fingerprint density at radius 3 is 2.40 bits per heavy atom. The smallest absolute Gasteiger partial charge is 0.301 e. The SMILES string of the molecule is Cc1ccccc1COc1ccc(/C(O)=C2\C(=O)C(=O)N(c3nnc(SCc4cccc5ccccc45)s3)C2c2ccccc2F)cc1. The molecule has 0 bridgehead atoms. The third kappa shape index (κ3) is 6.08. The topological polar surface area (TPSA) is 92.6 Å². The number of ketones is 1. The molecule has 7 rings (SSSR count). The fourth-order valence-electron chi connectivity index (χ4n) is 5.73. The molecule has 1 saturated heterocycles. The number of hydrogen-bond acceptors (Lipinski definition) is 8. The van der Waals surface area contributed by atoms with Crippen molar-refractivity contribution in [2.24, 2.45) is 0 Å². The molecule has 2 heterocycles. The molecule has 1 amide bonds. The van der Waals surface area contributed by atoms with Gasteiger partial charge in [0.15, 0.2) is 4.34 Å². The minimum Gasteiger partial charge on any atom is -0.507 e. The average Bonchev–Trinajstić information content (AvgIpc) is 3.68. The van der Waals surface area contributed by atoms with E-state index in [1.807, 2.05) is 49.4 Å². The highest BCUT2D eigenvalue weighted by Gasteiger charge is 2.49. The number of nitrogens with zero attached hydrogens (tertiary/aromatic N) is 3. The fourth-order valence-corrected chi connectivity index (χ4v) is 7.61. The minimum absolute atomic E-state index is 0.0524. The summed E-state index contributed by atoms with van der Waals surface area (Å²) in [6, 6.07) is 33.3. The fraction of sp³-hybridized carbons (Fsp3) is 0.105. The number of amides is 1. The number of Topliss-reactive ketones (excluding diaryl/α,β-unsaturated/α-hetero) is 1. The van der Waals surface area contributed by atoms with Crippen LogP contribution in [0.4, 0.5) is 9.52 Å². The molecule has 1 fully saturated rings. The third-order valence-electron chi connectivity index (χ3n) is 8.26. The molecule has 6 aromatic rings. The number of halogens is 1. The lowest BCUT2D eigenvalue weighted by molar-refractivity contribution is -0.132. The number of hydrogen-bond donors (Lipinski definition) is 1. The van der Waals surface area contributed by atoms with Crippen LogP contribution < -0.4 is 9.64 Å². The molecule has 1 atom stereocenters. The Labute approximate surface area is 284 Å². The van der Waals surface area contributed by atoms with Crippen molar-refractivity contribution in [1.29, 1.82) is 0 Å². The maximum atomic E-state index is 15.4. The second-order valence-electron chi connectivity index (χ2n) is 11.2. The van der Waals surface area contributed by atoms with Crippen LogP contribution >= 0.6 is 23.1 Å². The van der Waals surface area contributed by atoms with Crippen molar-refractivity contribution >= 4 is 56.5 Å². The lowest BCUT2D eigenvalue weighted by Gasteiger charge is -2.22. The molecule has 5 aromatic carbocycles. The summed E-state index contributed by atoms with van der Waals surface area (Å²) in [7, 11) is 0. The van der Waals surface area contributed by atoms with E-state index in [0.717, 1.165) is 43.7 Å². The van der Waals surface area contributed by atoms with E-state index in [4.69, 9.17) is 4.74 Å². The lowest BCUT2D eigenvalue weighted by Crippen LogP contribution is -2.29. The highest BCUT2D eigenvalue weighted by Crippen LogP contribution is 2.45. The van der Waals surface area contributed by atoms with Gasteiger partial charge in [0.2, 0.25) is 5.13 Å². The number of rotatable bonds is 9. The highest BCUT2D eigenvalue weighted by atomic mass is 32.2. The maximum Gasteiger partial charge on any atom is 0.301 e. The molecule has 1 aromatic heterocycles. The molecule has 7 nitrogen and oxygen atoms in total. The predicted molar refractivity (Wildman–Crippen MR) is 187 cm³/mol. The van der Waals surface area contributed by atoms with Crippen LogP contribution in [-0.4, -0.2) is 27.0 Å². The summed E-state index contributed by atoms with van der Waals surface area (Å²) in [6.07, 6.45) is 0. The van der Waals surface area contributed by atoms with Crippen LogP contribution in [0.2, 0.25) is 0 Å². The van der Waals surface area contributed by atoms with Crippen molar-refractivity contribution in [2.45, 2.75) is 29.7 Å². The van der Waals surface area contributed by atoms with Crippen molar-refractivity contribution in [3.63, 3.8) is 0 Å². The number of fused-ring (bicyclic) bond motifs is 1. The number of thioether (sulfide) groups is 1. The molecule has 10 heteroatoms. The number of aliphatic hydroxyl groups is 1. The van der Waals surface area contributed by atoms with Gasteiger partial charge in [-0.2, -0.15) is 0 Å². The third-order valence-corrected chi connectivity index (χ3v) is 10.4. The van der Waals surface area contributed by atoms with Crippen LogP contribution in [0.15, 0.2) is 125 Å². The number of benzene rings is 5. The normalized spacial score (nSPS) is 15.7. The minimum atomic E-state index is -1.26. The van der Waals surface area contributed by atoms with Crippen LogP contribution in [0.3, 0.4) is 0 Å². The zero-order valence-electron chi connectivity index (χ0n) is 25.7. The van der Waals surface area contributed by atoms with Gasteiger partial charge in [-0.05, 0) is 64.7 Å². The summed E-state index contributed by atoms with van der Waals surface area (Å²) in [4.78, 5) is 28.3. The van der Waals surface area contributed by atoms with Gasteiger partial charge in [-0.15, -0.1) is 10.2 Å². The molecular formula is C38H28FN3O4S2. The number of aliphatic hydroxyl groups excluding tert-OH is 1. The van der Waals surface area contributed by atoms with Crippen molar-refractivity contribution < 1.29 is 23.8 Å². The van der Waals surface area contributed by atoms with Crippen molar-refractivity contribution in [3.8, 4) is 5.75 Å². The molecule has 238 valence electrons. The van der Waals surface area contributed by atoms with Gasteiger partial charge in [0.05, 0.1) is 5.57 Å². The number of aromatic nitrogens is 2. The van der Waals surface area contributed by atoms with Gasteiger partial charge in [0, 0.05) is 16.9 Å². The molecule has 0 aliphatic carbocycles. The van der Waals surface area contributed by atoms with Crippen LogP contribution in [-0.2, 0) is 21.9 Å². The summed E-state index contributed by atoms with van der Waals surface area (Å²) in [5.74, 6) is -1.76. The number of ether oxygens (including phenoxy) is 1. The van der Waals surface area contributed by atoms with E-state index in [1.54, 1.807) is 30.3 Å². The maximum absolute atomic E-state index is 15.4. The molecule has 1 N–H and O–H groups in total. The lowest BCUT2D eigenvalue weighted by atomic mass is 9.95. The van der Waals surface area contributed by atoms with Crippen molar-refractivity contribution in [2.75, 3.05) is 4.90 Å². The Morgan fingerprint density at radius 2 is 1.58 bits per heavy atom. The largest absolute Gasteiger partial charge is 0.507 e. The monoisotopic (exact) mass is 673 g/mol. The molecule has 0 radical (unpaired) electrons. The number of anilines is 1. The standard InChI is InChI=1S/C38H28FN3O4S2/c1-23-9-2-3-11-26(23)21-46-28-19-17-25(18-20-28)34(43)32-33(30-15-6-7-16-31(30)39)42(36(45)35(32)44)37-40-41-38(48-37)47-22-27-13-8-12-24-10-4-5-14-29(24)27/h2-20,33,43H,21-22H2,1H3/b34-32+. The molecule has 1 aliphatic heterocycles. The van der Waals surface area contributed by atoms with Crippen LogP contribution in [0, 0.1) is 12.7 Å². The van der Waals surface area contributed by atoms with Crippen molar-refractivity contribution in [1.82, 2.24) is 10.2 Å². The highest BCUT2D eigenvalue weighted by molar-refractivity contribution is 8.00. The van der Waals surface area contributed by atoms with Gasteiger partial charge in [-0.3, -0.25) is 14.5 Å². The Morgan fingerprint density at radius 1 is 0.875 bits per heavy atom. The summed E-state index contributed by atoms with van der Waals surface area (Å²) in [5, 5.41) is 22.4. The summed E-state index contributed by atoms with van der Waals surface area (Å²) < 4.78 is 21.9. The van der Waals surface area contributed by atoms with E-state index < -0.39 is 29.3 Å². The van der Waals surface area contributed by atoms with E-state index in [1.165, 1.54) is 30.0 Å². The van der Waals surface area contributed by atoms with Crippen LogP contribution in [0.1, 0.15) is 33.9 Å². The van der Waals surface area contributed by atoms with Crippen LogP contribution in [0.25, 0.3) is 16.5 Å². The average molecular weight is 674 g/mol. The second kappa shape index (κ2) is 13.4. The Hall–Kier alpha value is -5.32. The summed E-state index contributed by atoms with van der Waals surface area (Å²) in [6.45, 7) is 2.37. The van der Waals surface area contributed by atoms with Gasteiger partial charge >= 0.3 is 5.91 Å². The first-order valence-electron chi connectivity index (χ1n) is 15.1. The first-order chi connectivity index (χ1) is 23.4. The number of carbonyl (C=O) groups excluding carboxylic acids is 2. The van der Waals surface area contributed by atoms with E-state index >= 15 is 4.39 Å². The van der Waals surface area contributed by atoms with Gasteiger partial charge in [-0.25, -0.2) is 4.39 Å². The molecule has 1 aliphatic rings. The van der Waals surface area contributed by atoms with E-state index in [2.05, 4.69) is 34.5 Å². The van der Waals surface area contributed by atoms with Crippen molar-refractivity contribution in [3.05, 3.63) is 154 Å². The molecule has 0 spiro atoms. The van der Waals surface area contributed by atoms with Gasteiger partial charge in [-0.1, -0.05) is 108 Å². The molecular weight excluding hydrogens is 646 g/mol. The molecule has 0 saturated carbocycles. The Kier molecular flexibility index (Phi) is 8.75. The first-order valence-corrected chi connectivity index (χ1v) is 17.0. The van der Waals surface area contributed by atoms with Gasteiger partial charge in [0.25, 0.3) is 5.78 Å². The zero-order chi connectivity index (χ0) is 33.2. The summed E-state index contributed by atoms with van der Waals surface area (Å²) >= 11 is 2.58.